The Balaban J connectivity index is 1.73. The lowest BCUT2D eigenvalue weighted by Crippen LogP contribution is -2.48. The van der Waals surface area contributed by atoms with Crippen molar-refractivity contribution in [3.05, 3.63) is 62.5 Å². The van der Waals surface area contributed by atoms with Crippen molar-refractivity contribution in [1.29, 1.82) is 0 Å². The van der Waals surface area contributed by atoms with Crippen LogP contribution in [0.5, 0.6) is 5.75 Å². The van der Waals surface area contributed by atoms with E-state index >= 15 is 0 Å². The summed E-state index contributed by atoms with van der Waals surface area (Å²) in [5.41, 5.74) is 1.90. The number of carbonyl (C=O) groups is 1. The first kappa shape index (κ1) is 23.1. The molecule has 1 aliphatic rings. The third kappa shape index (κ3) is 4.56. The summed E-state index contributed by atoms with van der Waals surface area (Å²) in [5.74, 6) is -0.921. The topological polar surface area (TPSA) is 97.6 Å². The minimum absolute atomic E-state index is 0.00204. The molecule has 174 valence electrons. The zero-order valence-electron chi connectivity index (χ0n) is 19.2. The van der Waals surface area contributed by atoms with Crippen molar-refractivity contribution in [3.63, 3.8) is 0 Å². The number of pyridine rings is 1. The Kier molecular flexibility index (Phi) is 6.62. The lowest BCUT2D eigenvalue weighted by atomic mass is 10.1. The number of hydrogen-bond donors (Lipinski definition) is 1. The highest BCUT2D eigenvalue weighted by Crippen LogP contribution is 2.31. The number of fused-ring (bicyclic) bond motifs is 1. The quantitative estimate of drug-likeness (QED) is 0.571. The van der Waals surface area contributed by atoms with Crippen LogP contribution in [0.1, 0.15) is 53.4 Å². The van der Waals surface area contributed by atoms with E-state index in [9.17, 15) is 14.7 Å². The molecule has 0 saturated carbocycles. The van der Waals surface area contributed by atoms with Crippen molar-refractivity contribution in [3.8, 4) is 16.3 Å². The van der Waals surface area contributed by atoms with Crippen molar-refractivity contribution in [2.45, 2.75) is 46.2 Å². The first-order chi connectivity index (χ1) is 15.8. The minimum atomic E-state index is -0.617. The molecule has 0 aliphatic carbocycles. The number of hydrogen-bond acceptors (Lipinski definition) is 7. The van der Waals surface area contributed by atoms with Gasteiger partial charge < -0.3 is 19.3 Å². The maximum atomic E-state index is 13.1. The van der Waals surface area contributed by atoms with Gasteiger partial charge in [0, 0.05) is 31.8 Å². The monoisotopic (exact) mass is 468 g/mol. The SMILES string of the molecule is CCOC[C@H]1CN(C(C)C)C(=O)c2c(O)c(=O)c(-c3nnc(Cc4ccc(C)cc4)s3)cn21. The lowest BCUT2D eigenvalue weighted by molar-refractivity contribution is 0.0460. The van der Waals surface area contributed by atoms with Gasteiger partial charge in [-0.15, -0.1) is 10.2 Å². The number of aromatic nitrogens is 3. The molecule has 0 spiro atoms. The molecule has 8 nitrogen and oxygen atoms in total. The molecule has 0 unspecified atom stereocenters. The van der Waals surface area contributed by atoms with Gasteiger partial charge in [-0.25, -0.2) is 0 Å². The summed E-state index contributed by atoms with van der Waals surface area (Å²) in [6.07, 6.45) is 2.22. The molecular weight excluding hydrogens is 440 g/mol. The van der Waals surface area contributed by atoms with Gasteiger partial charge in [0.05, 0.1) is 18.2 Å². The Morgan fingerprint density at radius 1 is 1.21 bits per heavy atom. The molecule has 1 aliphatic heterocycles. The molecule has 2 aromatic heterocycles. The summed E-state index contributed by atoms with van der Waals surface area (Å²) < 4.78 is 7.31. The van der Waals surface area contributed by atoms with Gasteiger partial charge >= 0.3 is 0 Å². The fourth-order valence-electron chi connectivity index (χ4n) is 3.95. The summed E-state index contributed by atoms with van der Waals surface area (Å²) in [6, 6.07) is 7.87. The number of ether oxygens (including phenoxy) is 1. The van der Waals surface area contributed by atoms with Gasteiger partial charge in [-0.1, -0.05) is 41.2 Å². The molecular formula is C24H28N4O4S. The van der Waals surface area contributed by atoms with Gasteiger partial charge in [0.1, 0.15) is 5.01 Å². The highest BCUT2D eigenvalue weighted by atomic mass is 32.1. The van der Waals surface area contributed by atoms with Gasteiger partial charge in [0.2, 0.25) is 5.43 Å². The Bertz CT molecular complexity index is 1220. The van der Waals surface area contributed by atoms with Crippen LogP contribution < -0.4 is 5.43 Å². The number of aryl methyl sites for hydroxylation is 1. The van der Waals surface area contributed by atoms with E-state index in [4.69, 9.17) is 4.74 Å². The van der Waals surface area contributed by atoms with Crippen molar-refractivity contribution in [2.24, 2.45) is 0 Å². The molecule has 4 rings (SSSR count). The molecule has 9 heteroatoms. The highest BCUT2D eigenvalue weighted by Gasteiger charge is 2.36. The molecule has 0 bridgehead atoms. The predicted octanol–water partition coefficient (Wildman–Crippen LogP) is 3.41. The predicted molar refractivity (Wildman–Crippen MR) is 127 cm³/mol. The average molecular weight is 469 g/mol. The first-order valence-electron chi connectivity index (χ1n) is 11.0. The Hall–Kier alpha value is -3.04. The van der Waals surface area contributed by atoms with Gasteiger partial charge in [-0.2, -0.15) is 0 Å². The van der Waals surface area contributed by atoms with Crippen LogP contribution in [0.4, 0.5) is 0 Å². The molecule has 3 aromatic rings. The number of rotatable bonds is 7. The average Bonchev–Trinajstić information content (AvgIpc) is 3.24. The summed E-state index contributed by atoms with van der Waals surface area (Å²) in [6.45, 7) is 9.07. The summed E-state index contributed by atoms with van der Waals surface area (Å²) >= 11 is 1.31. The molecule has 3 heterocycles. The van der Waals surface area contributed by atoms with Crippen LogP contribution in [-0.2, 0) is 11.2 Å². The second kappa shape index (κ2) is 9.44. The summed E-state index contributed by atoms with van der Waals surface area (Å²) in [7, 11) is 0. The maximum absolute atomic E-state index is 13.1. The highest BCUT2D eigenvalue weighted by molar-refractivity contribution is 7.14. The lowest BCUT2D eigenvalue weighted by Gasteiger charge is -2.38. The molecule has 1 amide bonds. The van der Waals surface area contributed by atoms with Crippen LogP contribution >= 0.6 is 11.3 Å². The van der Waals surface area contributed by atoms with Gasteiger partial charge in [-0.3, -0.25) is 9.59 Å². The van der Waals surface area contributed by atoms with Gasteiger partial charge in [0.15, 0.2) is 16.5 Å². The second-order valence-corrected chi connectivity index (χ2v) is 9.57. The largest absolute Gasteiger partial charge is 0.503 e. The van der Waals surface area contributed by atoms with E-state index in [1.54, 1.807) is 15.7 Å². The molecule has 1 atom stereocenters. The smallest absolute Gasteiger partial charge is 0.274 e. The summed E-state index contributed by atoms with van der Waals surface area (Å²) in [5, 5.41) is 20.5. The minimum Gasteiger partial charge on any atom is -0.503 e. The Labute approximate surface area is 196 Å². The normalized spacial score (nSPS) is 15.8. The number of aromatic hydroxyl groups is 1. The molecule has 1 N–H and O–H groups in total. The fraction of sp³-hybridized carbons (Fsp3) is 0.417. The third-order valence-electron chi connectivity index (χ3n) is 5.79. The molecule has 33 heavy (non-hydrogen) atoms. The summed E-state index contributed by atoms with van der Waals surface area (Å²) in [4.78, 5) is 27.8. The fourth-order valence-corrected chi connectivity index (χ4v) is 4.83. The van der Waals surface area contributed by atoms with Crippen molar-refractivity contribution >= 4 is 17.2 Å². The van der Waals surface area contributed by atoms with Crippen LogP contribution in [0.3, 0.4) is 0 Å². The van der Waals surface area contributed by atoms with Crippen molar-refractivity contribution in [1.82, 2.24) is 19.7 Å². The van der Waals surface area contributed by atoms with Crippen LogP contribution in [-0.4, -0.2) is 56.5 Å². The molecule has 0 fully saturated rings. The van der Waals surface area contributed by atoms with Gasteiger partial charge in [0.25, 0.3) is 5.91 Å². The van der Waals surface area contributed by atoms with E-state index in [0.29, 0.717) is 31.2 Å². The van der Waals surface area contributed by atoms with Crippen LogP contribution in [0.15, 0.2) is 35.3 Å². The van der Waals surface area contributed by atoms with E-state index in [-0.39, 0.29) is 29.2 Å². The van der Waals surface area contributed by atoms with E-state index < -0.39 is 11.2 Å². The first-order valence-corrected chi connectivity index (χ1v) is 11.9. The maximum Gasteiger partial charge on any atom is 0.274 e. The van der Waals surface area contributed by atoms with E-state index in [1.807, 2.05) is 52.0 Å². The number of carbonyl (C=O) groups excluding carboxylic acids is 1. The van der Waals surface area contributed by atoms with Crippen molar-refractivity contribution in [2.75, 3.05) is 19.8 Å². The van der Waals surface area contributed by atoms with E-state index in [1.165, 1.54) is 16.9 Å². The third-order valence-corrected chi connectivity index (χ3v) is 6.74. The van der Waals surface area contributed by atoms with Crippen LogP contribution in [0.25, 0.3) is 10.6 Å². The molecule has 0 radical (unpaired) electrons. The number of nitrogens with zero attached hydrogens (tertiary/aromatic N) is 4. The standard InChI is InChI=1S/C24H28N4O4S/c1-5-32-13-17-11-27(14(2)3)24(31)20-22(30)21(29)18(12-28(17)20)23-26-25-19(33-23)10-16-8-6-15(4)7-9-16/h6-9,12,14,17,30H,5,10-11,13H2,1-4H3/t17-/m1/s1. The Morgan fingerprint density at radius 2 is 1.94 bits per heavy atom. The number of amides is 1. The van der Waals surface area contributed by atoms with Crippen molar-refractivity contribution < 1.29 is 14.6 Å². The van der Waals surface area contributed by atoms with Crippen LogP contribution in [0, 0.1) is 6.92 Å². The van der Waals surface area contributed by atoms with Crippen LogP contribution in [0.2, 0.25) is 0 Å². The van der Waals surface area contributed by atoms with E-state index in [2.05, 4.69) is 10.2 Å². The zero-order valence-corrected chi connectivity index (χ0v) is 20.1. The van der Waals surface area contributed by atoms with E-state index in [0.717, 1.165) is 10.6 Å². The zero-order chi connectivity index (χ0) is 23.7. The Morgan fingerprint density at radius 3 is 2.61 bits per heavy atom. The molecule has 1 aromatic carbocycles. The molecule has 0 saturated heterocycles. The second-order valence-electron chi connectivity index (χ2n) is 8.50. The van der Waals surface area contributed by atoms with Gasteiger partial charge in [-0.05, 0) is 33.3 Å². The number of benzene rings is 1.